The first-order valence-corrected chi connectivity index (χ1v) is 10.0. The average molecular weight is 371 g/mol. The van der Waals surface area contributed by atoms with Gasteiger partial charge in [-0.3, -0.25) is 4.79 Å². The molecule has 0 bridgehead atoms. The van der Waals surface area contributed by atoms with E-state index in [2.05, 4.69) is 27.6 Å². The minimum Gasteiger partial charge on any atom is -0.410 e. The van der Waals surface area contributed by atoms with E-state index in [1.807, 2.05) is 35.7 Å². The van der Waals surface area contributed by atoms with Crippen molar-refractivity contribution < 1.29 is 9.21 Å². The third kappa shape index (κ3) is 4.11. The Kier molecular flexibility index (Phi) is 4.85. The fraction of sp³-hybridized carbons (Fsp3) is 0.278. The van der Waals surface area contributed by atoms with Gasteiger partial charge >= 0.3 is 0 Å². The Morgan fingerprint density at radius 1 is 1.24 bits per heavy atom. The fourth-order valence-corrected chi connectivity index (χ4v) is 3.89. The first kappa shape index (κ1) is 16.4. The number of hydrogen-bond acceptors (Lipinski definition) is 6. The topological polar surface area (TPSA) is 68.0 Å². The Hall–Kier alpha value is -2.12. The third-order valence-corrected chi connectivity index (χ3v) is 5.71. The first-order valence-electron chi connectivity index (χ1n) is 8.14. The van der Waals surface area contributed by atoms with Gasteiger partial charge in [-0.15, -0.1) is 21.5 Å². The largest absolute Gasteiger partial charge is 0.410 e. The van der Waals surface area contributed by atoms with Gasteiger partial charge in [-0.2, -0.15) is 0 Å². The van der Waals surface area contributed by atoms with Crippen molar-refractivity contribution in [3.05, 3.63) is 53.4 Å². The zero-order chi connectivity index (χ0) is 17.1. The lowest BCUT2D eigenvalue weighted by atomic mass is 10.0. The van der Waals surface area contributed by atoms with E-state index < -0.39 is 0 Å². The summed E-state index contributed by atoms with van der Waals surface area (Å²) in [5, 5.41) is 13.6. The van der Waals surface area contributed by atoms with Crippen LogP contribution in [0.15, 0.2) is 57.5 Å². The molecule has 2 aromatic heterocycles. The molecule has 5 nitrogen and oxygen atoms in total. The molecule has 2 heterocycles. The Balaban J connectivity index is 1.34. The van der Waals surface area contributed by atoms with Crippen LogP contribution in [0.3, 0.4) is 0 Å². The van der Waals surface area contributed by atoms with Gasteiger partial charge in [0.2, 0.25) is 5.91 Å². The molecule has 1 aliphatic carbocycles. The molecule has 4 rings (SSSR count). The minimum atomic E-state index is -0.0124. The van der Waals surface area contributed by atoms with Gasteiger partial charge in [0.1, 0.15) is 0 Å². The van der Waals surface area contributed by atoms with Crippen LogP contribution in [-0.4, -0.2) is 21.9 Å². The molecule has 1 atom stereocenters. The smallest absolute Gasteiger partial charge is 0.277 e. The zero-order valence-electron chi connectivity index (χ0n) is 13.4. The summed E-state index contributed by atoms with van der Waals surface area (Å²) < 4.78 is 5.60. The molecule has 0 spiro atoms. The molecule has 0 aliphatic heterocycles. The van der Waals surface area contributed by atoms with Crippen LogP contribution in [0.5, 0.6) is 0 Å². The second kappa shape index (κ2) is 7.41. The van der Waals surface area contributed by atoms with Gasteiger partial charge < -0.3 is 9.73 Å². The predicted octanol–water partition coefficient (Wildman–Crippen LogP) is 4.16. The van der Waals surface area contributed by atoms with Crippen LogP contribution in [0.25, 0.3) is 10.8 Å². The van der Waals surface area contributed by atoms with Crippen LogP contribution in [0.1, 0.15) is 24.4 Å². The Morgan fingerprint density at radius 3 is 2.80 bits per heavy atom. The SMILES string of the molecule is O=C(CSc1nnc(-c2cccs2)o1)NC(c1ccccc1)C1CC1. The second-order valence-corrected chi connectivity index (χ2v) is 7.81. The Labute approximate surface area is 153 Å². The van der Waals surface area contributed by atoms with E-state index in [-0.39, 0.29) is 17.7 Å². The number of thioether (sulfide) groups is 1. The molecule has 3 aromatic rings. The lowest BCUT2D eigenvalue weighted by Gasteiger charge is -2.18. The molecular formula is C18H17N3O2S2. The molecule has 1 fully saturated rings. The molecule has 1 amide bonds. The summed E-state index contributed by atoms with van der Waals surface area (Å²) in [7, 11) is 0. The van der Waals surface area contributed by atoms with Crippen molar-refractivity contribution in [1.29, 1.82) is 0 Å². The highest BCUT2D eigenvalue weighted by atomic mass is 32.2. The van der Waals surface area contributed by atoms with Crippen molar-refractivity contribution in [3.8, 4) is 10.8 Å². The maximum absolute atomic E-state index is 12.3. The summed E-state index contributed by atoms with van der Waals surface area (Å²) in [6.45, 7) is 0. The second-order valence-electron chi connectivity index (χ2n) is 5.93. The number of nitrogens with one attached hydrogen (secondary N) is 1. The number of benzene rings is 1. The van der Waals surface area contributed by atoms with Crippen LogP contribution in [0.4, 0.5) is 0 Å². The summed E-state index contributed by atoms with van der Waals surface area (Å²) in [6.07, 6.45) is 2.33. The van der Waals surface area contributed by atoms with Gasteiger partial charge in [-0.25, -0.2) is 0 Å². The molecule has 1 aromatic carbocycles. The van der Waals surface area contributed by atoms with Gasteiger partial charge in [0.05, 0.1) is 16.7 Å². The number of carbonyl (C=O) groups excluding carboxylic acids is 1. The standard InChI is InChI=1S/C18H17N3O2S2/c22-15(19-16(13-8-9-13)12-5-2-1-3-6-12)11-25-18-21-20-17(23-18)14-7-4-10-24-14/h1-7,10,13,16H,8-9,11H2,(H,19,22). The van der Waals surface area contributed by atoms with Crippen LogP contribution in [-0.2, 0) is 4.79 Å². The monoisotopic (exact) mass is 371 g/mol. The van der Waals surface area contributed by atoms with Gasteiger partial charge in [0, 0.05) is 0 Å². The molecule has 25 heavy (non-hydrogen) atoms. The maximum atomic E-state index is 12.3. The van der Waals surface area contributed by atoms with Crippen LogP contribution in [0, 0.1) is 5.92 Å². The molecule has 0 radical (unpaired) electrons. The van der Waals surface area contributed by atoms with E-state index in [0.717, 1.165) is 4.88 Å². The van der Waals surface area contributed by atoms with Crippen molar-refractivity contribution in [2.24, 2.45) is 5.92 Å². The lowest BCUT2D eigenvalue weighted by molar-refractivity contribution is -0.119. The average Bonchev–Trinajstić information content (AvgIpc) is 3.13. The van der Waals surface area contributed by atoms with Crippen molar-refractivity contribution >= 4 is 29.0 Å². The van der Waals surface area contributed by atoms with Gasteiger partial charge in [0.25, 0.3) is 11.1 Å². The van der Waals surface area contributed by atoms with Gasteiger partial charge in [-0.1, -0.05) is 48.2 Å². The molecule has 7 heteroatoms. The zero-order valence-corrected chi connectivity index (χ0v) is 15.1. The minimum absolute atomic E-state index is 0.0124. The molecule has 1 N–H and O–H groups in total. The molecule has 128 valence electrons. The van der Waals surface area contributed by atoms with E-state index in [1.54, 1.807) is 11.3 Å². The van der Waals surface area contributed by atoms with E-state index in [0.29, 0.717) is 17.0 Å². The fourth-order valence-electron chi connectivity index (χ4n) is 2.67. The number of nitrogens with zero attached hydrogens (tertiary/aromatic N) is 2. The number of amides is 1. The van der Waals surface area contributed by atoms with Crippen molar-refractivity contribution in [2.45, 2.75) is 24.1 Å². The van der Waals surface area contributed by atoms with E-state index in [9.17, 15) is 4.79 Å². The number of carbonyl (C=O) groups is 1. The van der Waals surface area contributed by atoms with Crippen molar-refractivity contribution in [1.82, 2.24) is 15.5 Å². The van der Waals surface area contributed by atoms with Gasteiger partial charge in [-0.05, 0) is 35.8 Å². The van der Waals surface area contributed by atoms with E-state index >= 15 is 0 Å². The molecular weight excluding hydrogens is 354 g/mol. The molecule has 1 aliphatic rings. The number of hydrogen-bond donors (Lipinski definition) is 1. The summed E-state index contributed by atoms with van der Waals surface area (Å²) in [6, 6.07) is 14.1. The Morgan fingerprint density at radius 2 is 2.08 bits per heavy atom. The molecule has 1 saturated carbocycles. The lowest BCUT2D eigenvalue weighted by Crippen LogP contribution is -2.31. The first-order chi connectivity index (χ1) is 12.3. The van der Waals surface area contributed by atoms with Crippen molar-refractivity contribution in [3.63, 3.8) is 0 Å². The highest BCUT2D eigenvalue weighted by Gasteiger charge is 2.33. The quantitative estimate of drug-likeness (QED) is 0.632. The van der Waals surface area contributed by atoms with Crippen LogP contribution in [0.2, 0.25) is 0 Å². The van der Waals surface area contributed by atoms with Crippen LogP contribution < -0.4 is 5.32 Å². The van der Waals surface area contributed by atoms with Crippen LogP contribution >= 0.6 is 23.1 Å². The number of rotatable bonds is 7. The highest BCUT2D eigenvalue weighted by Crippen LogP contribution is 2.41. The van der Waals surface area contributed by atoms with Gasteiger partial charge in [0.15, 0.2) is 0 Å². The predicted molar refractivity (Wildman–Crippen MR) is 98.4 cm³/mol. The number of thiophene rings is 1. The van der Waals surface area contributed by atoms with E-state index in [4.69, 9.17) is 4.42 Å². The Bertz CT molecular complexity index is 829. The van der Waals surface area contributed by atoms with E-state index in [1.165, 1.54) is 30.2 Å². The third-order valence-electron chi connectivity index (χ3n) is 4.03. The summed E-state index contributed by atoms with van der Waals surface area (Å²) in [4.78, 5) is 13.3. The van der Waals surface area contributed by atoms with Crippen molar-refractivity contribution in [2.75, 3.05) is 5.75 Å². The summed E-state index contributed by atoms with van der Waals surface area (Å²) in [5.41, 5.74) is 1.17. The number of aromatic nitrogens is 2. The summed E-state index contributed by atoms with van der Waals surface area (Å²) in [5.74, 6) is 1.30. The molecule has 1 unspecified atom stereocenters. The highest BCUT2D eigenvalue weighted by molar-refractivity contribution is 7.99. The molecule has 0 saturated heterocycles. The maximum Gasteiger partial charge on any atom is 0.277 e. The summed E-state index contributed by atoms with van der Waals surface area (Å²) >= 11 is 2.81. The normalized spacial score (nSPS) is 15.0.